The van der Waals surface area contributed by atoms with Crippen molar-refractivity contribution >= 4 is 28.6 Å². The number of carbonyl (C=O) groups is 1. The predicted molar refractivity (Wildman–Crippen MR) is 105 cm³/mol. The number of hydrogen-bond donors (Lipinski definition) is 3. The molecule has 2 heterocycles. The molecule has 0 amide bonds. The highest BCUT2D eigenvalue weighted by molar-refractivity contribution is 6.31. The van der Waals surface area contributed by atoms with Gasteiger partial charge in [0.15, 0.2) is 5.65 Å². The number of hydrogen-bond acceptors (Lipinski definition) is 5. The Bertz CT molecular complexity index is 1200. The topological polar surface area (TPSA) is 108 Å². The van der Waals surface area contributed by atoms with Crippen LogP contribution in [0.25, 0.3) is 33.5 Å². The van der Waals surface area contributed by atoms with Gasteiger partial charge in [-0.2, -0.15) is 5.10 Å². The summed E-state index contributed by atoms with van der Waals surface area (Å²) < 4.78 is 5.15. The number of ether oxygens (including phenoxy) is 1. The van der Waals surface area contributed by atoms with Crippen molar-refractivity contribution in [1.82, 2.24) is 15.2 Å². The molecule has 0 aliphatic rings. The zero-order chi connectivity index (χ0) is 19.8. The van der Waals surface area contributed by atoms with Crippen LogP contribution in [0.2, 0.25) is 5.02 Å². The quantitative estimate of drug-likeness (QED) is 0.474. The van der Waals surface area contributed by atoms with Gasteiger partial charge < -0.3 is 14.9 Å². The van der Waals surface area contributed by atoms with E-state index in [1.54, 1.807) is 31.4 Å². The van der Waals surface area contributed by atoms with Crippen molar-refractivity contribution in [2.24, 2.45) is 0 Å². The molecule has 7 nitrogen and oxygen atoms in total. The van der Waals surface area contributed by atoms with Crippen LogP contribution < -0.4 is 4.74 Å². The standard InChI is InChI=1S/C20H14ClN3O4/c1-28-12-5-2-10(3-6-12)18-17-14(20(26)27)9-15(22-19(17)24-23-18)13-8-11(21)4-7-16(13)25/h2-9,25H,1H3,(H,26,27)(H,22,23,24). The maximum Gasteiger partial charge on any atom is 0.336 e. The number of rotatable bonds is 4. The average molecular weight is 396 g/mol. The molecule has 0 saturated heterocycles. The lowest BCUT2D eigenvalue weighted by atomic mass is 10.0. The predicted octanol–water partition coefficient (Wildman–Crippen LogP) is 4.36. The van der Waals surface area contributed by atoms with Crippen LogP contribution in [0.5, 0.6) is 11.5 Å². The summed E-state index contributed by atoms with van der Waals surface area (Å²) in [7, 11) is 1.57. The van der Waals surface area contributed by atoms with Gasteiger partial charge in [0.25, 0.3) is 0 Å². The van der Waals surface area contributed by atoms with Crippen molar-refractivity contribution in [1.29, 1.82) is 0 Å². The Morgan fingerprint density at radius 2 is 1.89 bits per heavy atom. The Balaban J connectivity index is 1.94. The van der Waals surface area contributed by atoms with Crippen LogP contribution >= 0.6 is 11.6 Å². The minimum absolute atomic E-state index is 0.0129. The van der Waals surface area contributed by atoms with Crippen molar-refractivity contribution in [2.75, 3.05) is 7.11 Å². The van der Waals surface area contributed by atoms with Gasteiger partial charge in [0.2, 0.25) is 0 Å². The molecule has 0 fully saturated rings. The third-order valence-electron chi connectivity index (χ3n) is 4.37. The zero-order valence-corrected chi connectivity index (χ0v) is 15.4. The first-order valence-electron chi connectivity index (χ1n) is 8.23. The molecule has 4 aromatic rings. The number of carboxylic acid groups (broad SMARTS) is 1. The lowest BCUT2D eigenvalue weighted by molar-refractivity contribution is 0.0699. The number of pyridine rings is 1. The van der Waals surface area contributed by atoms with Crippen LogP contribution in [0, 0.1) is 0 Å². The molecule has 140 valence electrons. The van der Waals surface area contributed by atoms with Crippen LogP contribution in [0.4, 0.5) is 0 Å². The molecule has 0 radical (unpaired) electrons. The van der Waals surface area contributed by atoms with E-state index in [1.807, 2.05) is 0 Å². The van der Waals surface area contributed by atoms with Gasteiger partial charge >= 0.3 is 5.97 Å². The van der Waals surface area contributed by atoms with E-state index in [2.05, 4.69) is 15.2 Å². The summed E-state index contributed by atoms with van der Waals surface area (Å²) in [5.41, 5.74) is 2.10. The summed E-state index contributed by atoms with van der Waals surface area (Å²) in [5.74, 6) is -0.507. The lowest BCUT2D eigenvalue weighted by Crippen LogP contribution is -2.00. The molecular formula is C20H14ClN3O4. The third-order valence-corrected chi connectivity index (χ3v) is 4.60. The second kappa shape index (κ2) is 6.86. The summed E-state index contributed by atoms with van der Waals surface area (Å²) >= 11 is 6.01. The highest BCUT2D eigenvalue weighted by Gasteiger charge is 2.21. The number of methoxy groups -OCH3 is 1. The first kappa shape index (κ1) is 17.8. The SMILES string of the molecule is COc1ccc(-c2[nH]nc3nc(-c4cc(Cl)ccc4O)cc(C(=O)O)c23)cc1. The monoisotopic (exact) mass is 395 g/mol. The fourth-order valence-electron chi connectivity index (χ4n) is 3.01. The third kappa shape index (κ3) is 3.01. The molecule has 4 rings (SSSR count). The number of nitrogens with zero attached hydrogens (tertiary/aromatic N) is 2. The first-order valence-corrected chi connectivity index (χ1v) is 8.61. The number of benzene rings is 2. The first-order chi connectivity index (χ1) is 13.5. The Labute approximate surface area is 164 Å². The van der Waals surface area contributed by atoms with Gasteiger partial charge in [-0.3, -0.25) is 5.10 Å². The summed E-state index contributed by atoms with van der Waals surface area (Å²) in [6.07, 6.45) is 0. The number of carboxylic acids is 1. The van der Waals surface area contributed by atoms with Crippen LogP contribution in [-0.2, 0) is 0 Å². The molecule has 0 saturated carbocycles. The fraction of sp³-hybridized carbons (Fsp3) is 0.0500. The van der Waals surface area contributed by atoms with Gasteiger partial charge in [0.05, 0.1) is 29.4 Å². The Kier molecular flexibility index (Phi) is 4.37. The molecule has 0 aliphatic carbocycles. The maximum atomic E-state index is 12.0. The summed E-state index contributed by atoms with van der Waals surface area (Å²) in [5, 5.41) is 27.7. The molecule has 2 aromatic carbocycles. The van der Waals surface area contributed by atoms with Gasteiger partial charge in [0, 0.05) is 16.1 Å². The Morgan fingerprint density at radius 1 is 1.14 bits per heavy atom. The van der Waals surface area contributed by atoms with E-state index in [9.17, 15) is 15.0 Å². The van der Waals surface area contributed by atoms with Crippen LogP contribution in [0.3, 0.4) is 0 Å². The smallest absolute Gasteiger partial charge is 0.336 e. The van der Waals surface area contributed by atoms with Gasteiger partial charge in [-0.15, -0.1) is 0 Å². The lowest BCUT2D eigenvalue weighted by Gasteiger charge is -2.08. The van der Waals surface area contributed by atoms with Crippen molar-refractivity contribution in [3.8, 4) is 34.0 Å². The van der Waals surface area contributed by atoms with Crippen LogP contribution in [0.1, 0.15) is 10.4 Å². The second-order valence-corrected chi connectivity index (χ2v) is 6.48. The van der Waals surface area contributed by atoms with Gasteiger partial charge in [-0.05, 0) is 48.5 Å². The number of aromatic amines is 1. The minimum Gasteiger partial charge on any atom is -0.507 e. The van der Waals surface area contributed by atoms with Crippen molar-refractivity contribution < 1.29 is 19.7 Å². The summed E-state index contributed by atoms with van der Waals surface area (Å²) in [6, 6.07) is 13.0. The van der Waals surface area contributed by atoms with E-state index in [0.717, 1.165) is 5.56 Å². The number of halogens is 1. The van der Waals surface area contributed by atoms with E-state index in [4.69, 9.17) is 16.3 Å². The molecule has 28 heavy (non-hydrogen) atoms. The molecule has 2 aromatic heterocycles. The van der Waals surface area contributed by atoms with E-state index < -0.39 is 5.97 Å². The molecule has 0 aliphatic heterocycles. The number of aromatic nitrogens is 3. The molecule has 0 bridgehead atoms. The Morgan fingerprint density at radius 3 is 2.57 bits per heavy atom. The second-order valence-electron chi connectivity index (χ2n) is 6.05. The van der Waals surface area contributed by atoms with Gasteiger partial charge in [-0.25, -0.2) is 9.78 Å². The largest absolute Gasteiger partial charge is 0.507 e. The highest BCUT2D eigenvalue weighted by Crippen LogP contribution is 2.35. The van der Waals surface area contributed by atoms with Gasteiger partial charge in [0.1, 0.15) is 11.5 Å². The van der Waals surface area contributed by atoms with Crippen LogP contribution in [0.15, 0.2) is 48.5 Å². The number of phenolic OH excluding ortho intramolecular Hbond substituents is 1. The normalized spacial score (nSPS) is 10.9. The van der Waals surface area contributed by atoms with Crippen molar-refractivity contribution in [3.63, 3.8) is 0 Å². The summed E-state index contributed by atoms with van der Waals surface area (Å²) in [4.78, 5) is 16.4. The van der Waals surface area contributed by atoms with Crippen LogP contribution in [-0.4, -0.2) is 38.5 Å². The molecule has 3 N–H and O–H groups in total. The van der Waals surface area contributed by atoms with E-state index in [0.29, 0.717) is 27.4 Å². The fourth-order valence-corrected chi connectivity index (χ4v) is 3.18. The highest BCUT2D eigenvalue weighted by atomic mass is 35.5. The average Bonchev–Trinajstić information content (AvgIpc) is 3.13. The zero-order valence-electron chi connectivity index (χ0n) is 14.6. The number of phenols is 1. The molecular weight excluding hydrogens is 382 g/mol. The van der Waals surface area contributed by atoms with Gasteiger partial charge in [-0.1, -0.05) is 11.6 Å². The van der Waals surface area contributed by atoms with E-state index in [1.165, 1.54) is 24.3 Å². The summed E-state index contributed by atoms with van der Waals surface area (Å²) in [6.45, 7) is 0. The molecule has 0 atom stereocenters. The molecule has 0 spiro atoms. The molecule has 8 heteroatoms. The van der Waals surface area contributed by atoms with Crippen molar-refractivity contribution in [2.45, 2.75) is 0 Å². The van der Waals surface area contributed by atoms with Crippen molar-refractivity contribution in [3.05, 3.63) is 59.1 Å². The number of aromatic hydroxyl groups is 1. The Hall–Kier alpha value is -3.58. The molecule has 0 unspecified atom stereocenters. The number of H-pyrrole nitrogens is 1. The number of aromatic carboxylic acids is 1. The number of fused-ring (bicyclic) bond motifs is 1. The maximum absolute atomic E-state index is 12.0. The van der Waals surface area contributed by atoms with E-state index >= 15 is 0 Å². The van der Waals surface area contributed by atoms with E-state index in [-0.39, 0.29) is 22.7 Å². The number of nitrogens with one attached hydrogen (secondary N) is 1. The minimum atomic E-state index is -1.13.